The van der Waals surface area contributed by atoms with Crippen LogP contribution in [-0.4, -0.2) is 24.9 Å². The van der Waals surface area contributed by atoms with Gasteiger partial charge in [0.1, 0.15) is 5.75 Å². The van der Waals surface area contributed by atoms with Crippen molar-refractivity contribution in [1.82, 2.24) is 0 Å². The fourth-order valence-corrected chi connectivity index (χ4v) is 1.59. The molecular formula is C14H22O3. The summed E-state index contributed by atoms with van der Waals surface area (Å²) in [4.78, 5) is 0. The molecule has 1 aromatic carbocycles. The zero-order valence-corrected chi connectivity index (χ0v) is 10.7. The van der Waals surface area contributed by atoms with Crippen molar-refractivity contribution in [3.05, 3.63) is 29.8 Å². The molecule has 0 amide bonds. The molecule has 0 bridgehead atoms. The van der Waals surface area contributed by atoms with E-state index in [1.54, 1.807) is 7.11 Å². The monoisotopic (exact) mass is 238 g/mol. The number of ether oxygens (including phenoxy) is 2. The second kappa shape index (κ2) is 8.09. The van der Waals surface area contributed by atoms with Crippen molar-refractivity contribution in [2.45, 2.75) is 38.9 Å². The second-order valence-corrected chi connectivity index (χ2v) is 4.11. The standard InChI is InChI=1S/C14H22O3/c1-3-4-5-14(10-15)17-11-12-6-8-13(16-2)9-7-12/h6-9,14-15H,3-5,10-11H2,1-2H3/t14-/m1/s1. The van der Waals surface area contributed by atoms with Crippen LogP contribution in [0.25, 0.3) is 0 Å². The Hall–Kier alpha value is -1.06. The quantitative estimate of drug-likeness (QED) is 0.757. The van der Waals surface area contributed by atoms with E-state index in [-0.39, 0.29) is 12.7 Å². The third kappa shape index (κ3) is 5.20. The molecule has 3 heteroatoms. The van der Waals surface area contributed by atoms with Crippen LogP contribution in [0.1, 0.15) is 31.7 Å². The minimum absolute atomic E-state index is 0.0444. The van der Waals surface area contributed by atoms with E-state index in [1.165, 1.54) is 0 Å². The van der Waals surface area contributed by atoms with Gasteiger partial charge in [-0.3, -0.25) is 0 Å². The smallest absolute Gasteiger partial charge is 0.118 e. The van der Waals surface area contributed by atoms with Crippen LogP contribution in [0, 0.1) is 0 Å². The Morgan fingerprint density at radius 1 is 1.24 bits per heavy atom. The van der Waals surface area contributed by atoms with Gasteiger partial charge in [0, 0.05) is 0 Å². The normalized spacial score (nSPS) is 12.4. The van der Waals surface area contributed by atoms with Crippen molar-refractivity contribution < 1.29 is 14.6 Å². The van der Waals surface area contributed by atoms with Gasteiger partial charge < -0.3 is 14.6 Å². The molecule has 1 atom stereocenters. The lowest BCUT2D eigenvalue weighted by molar-refractivity contribution is -0.00324. The molecule has 0 aromatic heterocycles. The molecule has 0 saturated heterocycles. The van der Waals surface area contributed by atoms with Crippen molar-refractivity contribution in [2.75, 3.05) is 13.7 Å². The Morgan fingerprint density at radius 2 is 1.94 bits per heavy atom. The van der Waals surface area contributed by atoms with Gasteiger partial charge in [-0.25, -0.2) is 0 Å². The number of hydrogen-bond donors (Lipinski definition) is 1. The van der Waals surface area contributed by atoms with Gasteiger partial charge in [-0.05, 0) is 24.1 Å². The molecule has 0 aliphatic carbocycles. The van der Waals surface area contributed by atoms with Gasteiger partial charge in [0.25, 0.3) is 0 Å². The summed E-state index contributed by atoms with van der Waals surface area (Å²) < 4.78 is 10.8. The van der Waals surface area contributed by atoms with Crippen molar-refractivity contribution in [1.29, 1.82) is 0 Å². The third-order valence-electron chi connectivity index (χ3n) is 2.73. The number of benzene rings is 1. The van der Waals surface area contributed by atoms with Crippen LogP contribution >= 0.6 is 0 Å². The van der Waals surface area contributed by atoms with E-state index in [1.807, 2.05) is 24.3 Å². The Kier molecular flexibility index (Phi) is 6.67. The van der Waals surface area contributed by atoms with Gasteiger partial charge >= 0.3 is 0 Å². The average molecular weight is 238 g/mol. The van der Waals surface area contributed by atoms with Crippen molar-refractivity contribution in [2.24, 2.45) is 0 Å². The lowest BCUT2D eigenvalue weighted by Crippen LogP contribution is -2.17. The first-order chi connectivity index (χ1) is 8.30. The Labute approximate surface area is 103 Å². The number of methoxy groups -OCH3 is 1. The number of rotatable bonds is 8. The largest absolute Gasteiger partial charge is 0.497 e. The van der Waals surface area contributed by atoms with Crippen molar-refractivity contribution in [3.8, 4) is 5.75 Å². The Bertz CT molecular complexity index is 295. The van der Waals surface area contributed by atoms with Gasteiger partial charge in [0.05, 0.1) is 26.4 Å². The highest BCUT2D eigenvalue weighted by atomic mass is 16.5. The first-order valence-electron chi connectivity index (χ1n) is 6.15. The number of unbranched alkanes of at least 4 members (excludes halogenated alkanes) is 1. The molecule has 1 aromatic rings. The maximum absolute atomic E-state index is 9.17. The maximum Gasteiger partial charge on any atom is 0.118 e. The Balaban J connectivity index is 2.36. The SMILES string of the molecule is CCCC[C@H](CO)OCc1ccc(OC)cc1. The van der Waals surface area contributed by atoms with Gasteiger partial charge in [-0.1, -0.05) is 31.9 Å². The van der Waals surface area contributed by atoms with Gasteiger partial charge in [0.15, 0.2) is 0 Å². The third-order valence-corrected chi connectivity index (χ3v) is 2.73. The maximum atomic E-state index is 9.17. The summed E-state index contributed by atoms with van der Waals surface area (Å²) in [5, 5.41) is 9.17. The van der Waals surface area contributed by atoms with Crippen LogP contribution in [-0.2, 0) is 11.3 Å². The highest BCUT2D eigenvalue weighted by Gasteiger charge is 2.07. The van der Waals surface area contributed by atoms with E-state index in [4.69, 9.17) is 14.6 Å². The highest BCUT2D eigenvalue weighted by molar-refractivity contribution is 5.26. The molecule has 1 N–H and O–H groups in total. The highest BCUT2D eigenvalue weighted by Crippen LogP contribution is 2.13. The van der Waals surface area contributed by atoms with E-state index in [0.29, 0.717) is 6.61 Å². The molecule has 0 aliphatic rings. The lowest BCUT2D eigenvalue weighted by Gasteiger charge is -2.15. The fraction of sp³-hybridized carbons (Fsp3) is 0.571. The Morgan fingerprint density at radius 3 is 2.47 bits per heavy atom. The van der Waals surface area contributed by atoms with E-state index < -0.39 is 0 Å². The molecule has 96 valence electrons. The molecular weight excluding hydrogens is 216 g/mol. The summed E-state index contributed by atoms with van der Waals surface area (Å²) in [6.45, 7) is 2.77. The van der Waals surface area contributed by atoms with Crippen LogP contribution < -0.4 is 4.74 Å². The number of hydrogen-bond acceptors (Lipinski definition) is 3. The fourth-order valence-electron chi connectivity index (χ4n) is 1.59. The van der Waals surface area contributed by atoms with Crippen LogP contribution in [0.4, 0.5) is 0 Å². The molecule has 0 fully saturated rings. The van der Waals surface area contributed by atoms with Gasteiger partial charge in [-0.15, -0.1) is 0 Å². The summed E-state index contributed by atoms with van der Waals surface area (Å²) in [5.41, 5.74) is 1.10. The van der Waals surface area contributed by atoms with Crippen molar-refractivity contribution >= 4 is 0 Å². The number of aliphatic hydroxyl groups excluding tert-OH is 1. The molecule has 0 unspecified atom stereocenters. The number of aliphatic hydroxyl groups is 1. The van der Waals surface area contributed by atoms with E-state index in [0.717, 1.165) is 30.6 Å². The first kappa shape index (κ1) is 14.0. The minimum atomic E-state index is -0.0444. The summed E-state index contributed by atoms with van der Waals surface area (Å²) in [7, 11) is 1.65. The average Bonchev–Trinajstić information content (AvgIpc) is 2.39. The van der Waals surface area contributed by atoms with Crippen LogP contribution in [0.2, 0.25) is 0 Å². The molecule has 17 heavy (non-hydrogen) atoms. The second-order valence-electron chi connectivity index (χ2n) is 4.11. The summed E-state index contributed by atoms with van der Waals surface area (Å²) in [5.74, 6) is 0.846. The topological polar surface area (TPSA) is 38.7 Å². The van der Waals surface area contributed by atoms with Gasteiger partial charge in [-0.2, -0.15) is 0 Å². The predicted molar refractivity (Wildman–Crippen MR) is 68.2 cm³/mol. The summed E-state index contributed by atoms with van der Waals surface area (Å²) >= 11 is 0. The van der Waals surface area contributed by atoms with E-state index in [9.17, 15) is 0 Å². The molecule has 0 spiro atoms. The van der Waals surface area contributed by atoms with Crippen LogP contribution in [0.3, 0.4) is 0 Å². The van der Waals surface area contributed by atoms with Gasteiger partial charge in [0.2, 0.25) is 0 Å². The van der Waals surface area contributed by atoms with E-state index in [2.05, 4.69) is 6.92 Å². The zero-order valence-electron chi connectivity index (χ0n) is 10.7. The first-order valence-corrected chi connectivity index (χ1v) is 6.15. The van der Waals surface area contributed by atoms with Crippen LogP contribution in [0.5, 0.6) is 5.75 Å². The molecule has 0 radical (unpaired) electrons. The van der Waals surface area contributed by atoms with Crippen molar-refractivity contribution in [3.63, 3.8) is 0 Å². The molecule has 0 saturated carbocycles. The van der Waals surface area contributed by atoms with E-state index >= 15 is 0 Å². The summed E-state index contributed by atoms with van der Waals surface area (Å²) in [6.07, 6.45) is 3.09. The minimum Gasteiger partial charge on any atom is -0.497 e. The summed E-state index contributed by atoms with van der Waals surface area (Å²) in [6, 6.07) is 7.79. The molecule has 1 rings (SSSR count). The predicted octanol–water partition coefficient (Wildman–Crippen LogP) is 2.76. The molecule has 0 aliphatic heterocycles. The molecule has 0 heterocycles. The lowest BCUT2D eigenvalue weighted by atomic mass is 10.1. The van der Waals surface area contributed by atoms with Crippen LogP contribution in [0.15, 0.2) is 24.3 Å². The zero-order chi connectivity index (χ0) is 12.5. The molecule has 3 nitrogen and oxygen atoms in total.